The highest BCUT2D eigenvalue weighted by Crippen LogP contribution is 2.31. The van der Waals surface area contributed by atoms with Gasteiger partial charge in [0.2, 0.25) is 0 Å². The summed E-state index contributed by atoms with van der Waals surface area (Å²) in [5.41, 5.74) is -0.116. The summed E-state index contributed by atoms with van der Waals surface area (Å²) in [6.07, 6.45) is 2.85. The van der Waals surface area contributed by atoms with Crippen LogP contribution in [0.4, 0.5) is 0 Å². The lowest BCUT2D eigenvalue weighted by Gasteiger charge is -2.21. The first-order chi connectivity index (χ1) is 11.1. The number of aromatic nitrogens is 3. The Balaban J connectivity index is 1.72. The van der Waals surface area contributed by atoms with Crippen LogP contribution in [0.3, 0.4) is 0 Å². The fraction of sp³-hybridized carbons (Fsp3) is 0.438. The molecule has 2 aromatic rings. The van der Waals surface area contributed by atoms with Crippen LogP contribution < -0.4 is 4.74 Å². The summed E-state index contributed by atoms with van der Waals surface area (Å²) in [5, 5.41) is 20.8. The second-order valence-electron chi connectivity index (χ2n) is 5.74. The van der Waals surface area contributed by atoms with E-state index < -0.39 is 5.60 Å². The van der Waals surface area contributed by atoms with E-state index in [2.05, 4.69) is 15.4 Å². The highest BCUT2D eigenvalue weighted by atomic mass is 16.5. The molecule has 7 heteroatoms. The van der Waals surface area contributed by atoms with Crippen LogP contribution in [0.2, 0.25) is 0 Å². The lowest BCUT2D eigenvalue weighted by Crippen LogP contribution is -2.34. The molecule has 1 aliphatic heterocycles. The van der Waals surface area contributed by atoms with Gasteiger partial charge < -0.3 is 14.7 Å². The zero-order valence-corrected chi connectivity index (χ0v) is 13.0. The molecule has 2 heterocycles. The number of β-amino-alcohol motifs (C(OH)–C–C–N with tert-alkyl or cyclic N) is 1. The van der Waals surface area contributed by atoms with Crippen LogP contribution >= 0.6 is 0 Å². The number of benzene rings is 1. The number of hydrogen-bond acceptors (Lipinski definition) is 5. The molecule has 1 atom stereocenters. The topological polar surface area (TPSA) is 91.3 Å². The lowest BCUT2D eigenvalue weighted by molar-refractivity contribution is 0.0382. The Labute approximate surface area is 134 Å². The predicted molar refractivity (Wildman–Crippen MR) is 83.0 cm³/mol. The normalized spacial score (nSPS) is 20.7. The number of H-pyrrole nitrogens is 1. The van der Waals surface area contributed by atoms with Gasteiger partial charge in [0, 0.05) is 18.5 Å². The van der Waals surface area contributed by atoms with Gasteiger partial charge in [-0.15, -0.1) is 0 Å². The monoisotopic (exact) mass is 316 g/mol. The second kappa shape index (κ2) is 6.37. The number of carbonyl (C=O) groups excluding carboxylic acids is 1. The molecule has 1 amide bonds. The van der Waals surface area contributed by atoms with Crippen LogP contribution in [-0.2, 0) is 5.60 Å². The van der Waals surface area contributed by atoms with Crippen LogP contribution in [0.25, 0.3) is 0 Å². The van der Waals surface area contributed by atoms with E-state index in [0.717, 1.165) is 6.42 Å². The summed E-state index contributed by atoms with van der Waals surface area (Å²) < 4.78 is 5.57. The smallest absolute Gasteiger partial charge is 0.254 e. The molecule has 1 unspecified atom stereocenters. The summed E-state index contributed by atoms with van der Waals surface area (Å²) in [4.78, 5) is 14.3. The second-order valence-corrected chi connectivity index (χ2v) is 5.74. The zero-order valence-electron chi connectivity index (χ0n) is 13.0. The average molecular weight is 316 g/mol. The van der Waals surface area contributed by atoms with E-state index in [0.29, 0.717) is 36.6 Å². The zero-order chi connectivity index (χ0) is 16.3. The van der Waals surface area contributed by atoms with Gasteiger partial charge in [0.25, 0.3) is 5.91 Å². The minimum Gasteiger partial charge on any atom is -0.494 e. The van der Waals surface area contributed by atoms with Gasteiger partial charge in [0.15, 0.2) is 0 Å². The molecule has 1 aliphatic rings. The Morgan fingerprint density at radius 3 is 3.13 bits per heavy atom. The maximum Gasteiger partial charge on any atom is 0.254 e. The number of likely N-dealkylation sites (tertiary alicyclic amines) is 1. The van der Waals surface area contributed by atoms with E-state index in [1.165, 1.54) is 6.20 Å². The van der Waals surface area contributed by atoms with Crippen molar-refractivity contribution in [2.45, 2.75) is 25.4 Å². The van der Waals surface area contributed by atoms with Crippen LogP contribution in [0.1, 0.15) is 35.8 Å². The Kier molecular flexibility index (Phi) is 4.29. The minimum atomic E-state index is -1.14. The van der Waals surface area contributed by atoms with Crippen molar-refractivity contribution in [1.82, 2.24) is 20.3 Å². The third-order valence-electron chi connectivity index (χ3n) is 3.98. The van der Waals surface area contributed by atoms with E-state index in [9.17, 15) is 9.90 Å². The molecule has 2 N–H and O–H groups in total. The number of nitrogens with zero attached hydrogens (tertiary/aromatic N) is 3. The largest absolute Gasteiger partial charge is 0.494 e. The SMILES string of the molecule is CCCOc1cccc(C(=O)N2CCC(O)(c3cn[nH]n3)C2)c1. The molecule has 0 saturated carbocycles. The molecule has 1 saturated heterocycles. The molecule has 1 fully saturated rings. The molecule has 0 spiro atoms. The summed E-state index contributed by atoms with van der Waals surface area (Å²) in [7, 11) is 0. The number of aliphatic hydroxyl groups is 1. The van der Waals surface area contributed by atoms with Crippen LogP contribution in [0, 0.1) is 0 Å². The van der Waals surface area contributed by atoms with Crippen molar-refractivity contribution in [1.29, 1.82) is 0 Å². The third-order valence-corrected chi connectivity index (χ3v) is 3.98. The van der Waals surface area contributed by atoms with Crippen molar-refractivity contribution in [3.05, 3.63) is 41.7 Å². The molecule has 122 valence electrons. The number of rotatable bonds is 5. The van der Waals surface area contributed by atoms with Crippen molar-refractivity contribution in [3.8, 4) is 5.75 Å². The number of hydrogen-bond donors (Lipinski definition) is 2. The van der Waals surface area contributed by atoms with E-state index in [-0.39, 0.29) is 12.5 Å². The third kappa shape index (κ3) is 3.19. The molecule has 7 nitrogen and oxygen atoms in total. The number of aromatic amines is 1. The van der Waals surface area contributed by atoms with Crippen LogP contribution in [0.15, 0.2) is 30.5 Å². The van der Waals surface area contributed by atoms with Gasteiger partial charge in [-0.05, 0) is 24.6 Å². The molecule has 1 aromatic heterocycles. The lowest BCUT2D eigenvalue weighted by atomic mass is 10.00. The maximum atomic E-state index is 12.6. The van der Waals surface area contributed by atoms with Crippen molar-refractivity contribution < 1.29 is 14.6 Å². The Bertz CT molecular complexity index is 674. The molecule has 0 aliphatic carbocycles. The van der Waals surface area contributed by atoms with Gasteiger partial charge in [-0.1, -0.05) is 13.0 Å². The standard InChI is InChI=1S/C16H20N4O3/c1-2-8-23-13-5-3-4-12(9-13)15(21)20-7-6-16(22,11-20)14-10-17-19-18-14/h3-5,9-10,22H,2,6-8,11H2,1H3,(H,17,18,19). The number of ether oxygens (including phenoxy) is 1. The molecular formula is C16H20N4O3. The van der Waals surface area contributed by atoms with Gasteiger partial charge in [-0.25, -0.2) is 0 Å². The number of nitrogens with one attached hydrogen (secondary N) is 1. The van der Waals surface area contributed by atoms with Gasteiger partial charge in [0.05, 0.1) is 19.3 Å². The minimum absolute atomic E-state index is 0.119. The Morgan fingerprint density at radius 1 is 1.52 bits per heavy atom. The first-order valence-corrected chi connectivity index (χ1v) is 7.73. The molecule has 1 aromatic carbocycles. The van der Waals surface area contributed by atoms with Crippen molar-refractivity contribution in [2.75, 3.05) is 19.7 Å². The Morgan fingerprint density at radius 2 is 2.39 bits per heavy atom. The molecule has 0 radical (unpaired) electrons. The fourth-order valence-corrected chi connectivity index (χ4v) is 2.72. The van der Waals surface area contributed by atoms with Gasteiger partial charge in [0.1, 0.15) is 17.0 Å². The average Bonchev–Trinajstić information content (AvgIpc) is 3.23. The molecule has 3 rings (SSSR count). The first-order valence-electron chi connectivity index (χ1n) is 7.73. The van der Waals surface area contributed by atoms with Crippen molar-refractivity contribution >= 4 is 5.91 Å². The van der Waals surface area contributed by atoms with Crippen LogP contribution in [-0.4, -0.2) is 51.0 Å². The van der Waals surface area contributed by atoms with Crippen molar-refractivity contribution in [2.24, 2.45) is 0 Å². The van der Waals surface area contributed by atoms with E-state index in [1.54, 1.807) is 23.1 Å². The highest BCUT2D eigenvalue weighted by molar-refractivity contribution is 5.94. The van der Waals surface area contributed by atoms with Gasteiger partial charge >= 0.3 is 0 Å². The first kappa shape index (κ1) is 15.5. The summed E-state index contributed by atoms with van der Waals surface area (Å²) >= 11 is 0. The van der Waals surface area contributed by atoms with E-state index >= 15 is 0 Å². The summed E-state index contributed by atoms with van der Waals surface area (Å²) in [5.74, 6) is 0.565. The summed E-state index contributed by atoms with van der Waals surface area (Å²) in [6, 6.07) is 7.14. The van der Waals surface area contributed by atoms with Crippen LogP contribution in [0.5, 0.6) is 5.75 Å². The molecule has 0 bridgehead atoms. The molecular weight excluding hydrogens is 296 g/mol. The van der Waals surface area contributed by atoms with Gasteiger partial charge in [-0.3, -0.25) is 4.79 Å². The number of amides is 1. The quantitative estimate of drug-likeness (QED) is 0.868. The number of carbonyl (C=O) groups is 1. The van der Waals surface area contributed by atoms with E-state index in [1.807, 2.05) is 13.0 Å². The predicted octanol–water partition coefficient (Wildman–Crippen LogP) is 1.33. The maximum absolute atomic E-state index is 12.6. The summed E-state index contributed by atoms with van der Waals surface area (Å²) in [6.45, 7) is 3.33. The Hall–Kier alpha value is -2.41. The fourth-order valence-electron chi connectivity index (χ4n) is 2.72. The van der Waals surface area contributed by atoms with E-state index in [4.69, 9.17) is 4.74 Å². The highest BCUT2D eigenvalue weighted by Gasteiger charge is 2.41. The van der Waals surface area contributed by atoms with Gasteiger partial charge in [-0.2, -0.15) is 15.4 Å². The van der Waals surface area contributed by atoms with Crippen molar-refractivity contribution in [3.63, 3.8) is 0 Å². The molecule has 23 heavy (non-hydrogen) atoms.